The van der Waals surface area contributed by atoms with Gasteiger partial charge in [0.1, 0.15) is 6.10 Å². The van der Waals surface area contributed by atoms with Crippen LogP contribution >= 0.6 is 0 Å². The average Bonchev–Trinajstić information content (AvgIpc) is 3.10. The van der Waals surface area contributed by atoms with Crippen LogP contribution in [-0.4, -0.2) is 42.7 Å². The molecule has 0 spiro atoms. The number of carbonyl (C=O) groups excluding carboxylic acids is 1. The Morgan fingerprint density at radius 1 is 1.26 bits per heavy atom. The van der Waals surface area contributed by atoms with Gasteiger partial charge in [0.15, 0.2) is 5.79 Å². The van der Waals surface area contributed by atoms with Gasteiger partial charge in [-0.1, -0.05) is 20.3 Å². The van der Waals surface area contributed by atoms with E-state index in [-0.39, 0.29) is 30.3 Å². The Morgan fingerprint density at radius 3 is 2.39 bits per heavy atom. The number of rotatable bonds is 7. The van der Waals surface area contributed by atoms with Crippen LogP contribution in [0.5, 0.6) is 0 Å². The van der Waals surface area contributed by atoms with E-state index < -0.39 is 0 Å². The van der Waals surface area contributed by atoms with Crippen LogP contribution in [-0.2, 0) is 23.8 Å². The molecule has 3 atom stereocenters. The zero-order valence-electron chi connectivity index (χ0n) is 14.5. The first-order valence-corrected chi connectivity index (χ1v) is 8.59. The van der Waals surface area contributed by atoms with Crippen LogP contribution in [0.15, 0.2) is 0 Å². The summed E-state index contributed by atoms with van der Waals surface area (Å²) >= 11 is 0. The molecule has 0 bridgehead atoms. The first-order valence-electron chi connectivity index (χ1n) is 8.59. The lowest BCUT2D eigenvalue weighted by atomic mass is 9.84. The van der Waals surface area contributed by atoms with Crippen molar-refractivity contribution in [2.45, 2.75) is 71.2 Å². The highest BCUT2D eigenvalue weighted by Crippen LogP contribution is 2.35. The van der Waals surface area contributed by atoms with Gasteiger partial charge in [0.2, 0.25) is 0 Å². The van der Waals surface area contributed by atoms with Gasteiger partial charge >= 0.3 is 5.97 Å². The standard InChI is InChI=1S/C16H28O4.CH2O2/c1-4-13-14(12(3)20-15(13)17)8-6-7-9-16(5-2)18-10-11-19-16;2-1-3/h12-14H,4-11H2,1-3H3;1H,(H,2,3). The normalized spacial score (nSPS) is 28.8. The van der Waals surface area contributed by atoms with Gasteiger partial charge in [0, 0.05) is 12.3 Å². The van der Waals surface area contributed by atoms with Gasteiger partial charge in [-0.15, -0.1) is 0 Å². The first-order chi connectivity index (χ1) is 11.0. The minimum Gasteiger partial charge on any atom is -0.483 e. The Morgan fingerprint density at radius 2 is 1.87 bits per heavy atom. The van der Waals surface area contributed by atoms with Gasteiger partial charge in [-0.25, -0.2) is 0 Å². The van der Waals surface area contributed by atoms with Crippen molar-refractivity contribution in [1.29, 1.82) is 0 Å². The Labute approximate surface area is 138 Å². The molecule has 0 saturated carbocycles. The third-order valence-corrected chi connectivity index (χ3v) is 4.86. The molecular formula is C17H30O6. The largest absolute Gasteiger partial charge is 0.483 e. The van der Waals surface area contributed by atoms with E-state index in [2.05, 4.69) is 13.8 Å². The summed E-state index contributed by atoms with van der Waals surface area (Å²) in [6.07, 6.45) is 6.08. The van der Waals surface area contributed by atoms with Gasteiger partial charge < -0.3 is 19.3 Å². The number of cyclic esters (lactones) is 1. The van der Waals surface area contributed by atoms with Gasteiger partial charge in [-0.05, 0) is 32.6 Å². The monoisotopic (exact) mass is 330 g/mol. The second-order valence-corrected chi connectivity index (χ2v) is 6.13. The van der Waals surface area contributed by atoms with Crippen molar-refractivity contribution in [2.75, 3.05) is 13.2 Å². The highest BCUT2D eigenvalue weighted by atomic mass is 16.7. The zero-order chi connectivity index (χ0) is 17.3. The van der Waals surface area contributed by atoms with Crippen molar-refractivity contribution in [3.63, 3.8) is 0 Å². The summed E-state index contributed by atoms with van der Waals surface area (Å²) < 4.78 is 16.8. The van der Waals surface area contributed by atoms with Crippen molar-refractivity contribution in [3.8, 4) is 0 Å². The van der Waals surface area contributed by atoms with E-state index in [4.69, 9.17) is 24.1 Å². The Balaban J connectivity index is 0.000000816. The third kappa shape index (κ3) is 5.46. The van der Waals surface area contributed by atoms with Gasteiger partial charge in [0.05, 0.1) is 19.1 Å². The van der Waals surface area contributed by atoms with E-state index in [9.17, 15) is 4.79 Å². The molecule has 0 amide bonds. The van der Waals surface area contributed by atoms with Crippen LogP contribution in [0.2, 0.25) is 0 Å². The smallest absolute Gasteiger partial charge is 0.309 e. The highest BCUT2D eigenvalue weighted by Gasteiger charge is 2.40. The number of carboxylic acid groups (broad SMARTS) is 1. The highest BCUT2D eigenvalue weighted by molar-refractivity contribution is 5.75. The topological polar surface area (TPSA) is 82.1 Å². The molecule has 6 heteroatoms. The summed E-state index contributed by atoms with van der Waals surface area (Å²) in [6.45, 7) is 7.39. The van der Waals surface area contributed by atoms with E-state index in [1.807, 2.05) is 6.92 Å². The molecule has 2 heterocycles. The molecule has 2 saturated heterocycles. The van der Waals surface area contributed by atoms with Crippen molar-refractivity contribution < 1.29 is 28.9 Å². The molecule has 0 radical (unpaired) electrons. The number of hydrogen-bond acceptors (Lipinski definition) is 5. The van der Waals surface area contributed by atoms with Crippen LogP contribution < -0.4 is 0 Å². The summed E-state index contributed by atoms with van der Waals surface area (Å²) in [7, 11) is 0. The lowest BCUT2D eigenvalue weighted by molar-refractivity contribution is -0.164. The summed E-state index contributed by atoms with van der Waals surface area (Å²) in [4.78, 5) is 20.1. The van der Waals surface area contributed by atoms with E-state index in [0.717, 1.165) is 38.5 Å². The third-order valence-electron chi connectivity index (χ3n) is 4.86. The van der Waals surface area contributed by atoms with Gasteiger partial charge in [-0.2, -0.15) is 0 Å². The maximum absolute atomic E-state index is 11.7. The number of ether oxygens (including phenoxy) is 3. The molecular weight excluding hydrogens is 300 g/mol. The fourth-order valence-corrected chi connectivity index (χ4v) is 3.56. The van der Waals surface area contributed by atoms with Crippen molar-refractivity contribution in [1.82, 2.24) is 0 Å². The maximum Gasteiger partial charge on any atom is 0.309 e. The predicted octanol–water partition coefficient (Wildman–Crippen LogP) is 2.99. The molecule has 0 aromatic rings. The Kier molecular flexibility index (Phi) is 8.55. The second kappa shape index (κ2) is 9.88. The van der Waals surface area contributed by atoms with Crippen LogP contribution in [0.1, 0.15) is 59.3 Å². The van der Waals surface area contributed by atoms with E-state index >= 15 is 0 Å². The van der Waals surface area contributed by atoms with Crippen LogP contribution in [0.4, 0.5) is 0 Å². The maximum atomic E-state index is 11.7. The molecule has 134 valence electrons. The number of carbonyl (C=O) groups is 2. The molecule has 0 aromatic carbocycles. The molecule has 2 aliphatic rings. The fourth-order valence-electron chi connectivity index (χ4n) is 3.56. The average molecular weight is 330 g/mol. The quantitative estimate of drug-likeness (QED) is 0.439. The summed E-state index contributed by atoms with van der Waals surface area (Å²) in [5, 5.41) is 6.89. The Hall–Kier alpha value is -1.14. The second-order valence-electron chi connectivity index (χ2n) is 6.13. The van der Waals surface area contributed by atoms with Crippen molar-refractivity contribution in [3.05, 3.63) is 0 Å². The summed E-state index contributed by atoms with van der Waals surface area (Å²) in [6, 6.07) is 0. The lowest BCUT2D eigenvalue weighted by Gasteiger charge is -2.26. The number of esters is 1. The summed E-state index contributed by atoms with van der Waals surface area (Å²) in [5.74, 6) is 0.148. The van der Waals surface area contributed by atoms with Crippen LogP contribution in [0, 0.1) is 11.8 Å². The molecule has 2 fully saturated rings. The van der Waals surface area contributed by atoms with E-state index in [1.165, 1.54) is 0 Å². The van der Waals surface area contributed by atoms with Crippen molar-refractivity contribution in [2.24, 2.45) is 11.8 Å². The molecule has 2 rings (SSSR count). The molecule has 2 aliphatic heterocycles. The van der Waals surface area contributed by atoms with Gasteiger partial charge in [0.25, 0.3) is 6.47 Å². The molecule has 3 unspecified atom stereocenters. The molecule has 6 nitrogen and oxygen atoms in total. The van der Waals surface area contributed by atoms with E-state index in [1.54, 1.807) is 0 Å². The minimum atomic E-state index is -0.336. The first kappa shape index (κ1) is 19.9. The number of hydrogen-bond donors (Lipinski definition) is 1. The van der Waals surface area contributed by atoms with E-state index in [0.29, 0.717) is 19.1 Å². The predicted molar refractivity (Wildman–Crippen MR) is 84.9 cm³/mol. The minimum absolute atomic E-state index is 0.00233. The molecule has 0 aliphatic carbocycles. The molecule has 23 heavy (non-hydrogen) atoms. The lowest BCUT2D eigenvalue weighted by Crippen LogP contribution is -2.29. The zero-order valence-corrected chi connectivity index (χ0v) is 14.5. The Bertz CT molecular complexity index is 364. The SMILES string of the molecule is CCC1C(=O)OC(C)C1CCCCC1(CC)OCCO1.O=CO. The fraction of sp³-hybridized carbons (Fsp3) is 0.882. The van der Waals surface area contributed by atoms with Gasteiger partial charge in [-0.3, -0.25) is 9.59 Å². The van der Waals surface area contributed by atoms with Crippen LogP contribution in [0.3, 0.4) is 0 Å². The molecule has 0 aromatic heterocycles. The molecule has 1 N–H and O–H groups in total. The van der Waals surface area contributed by atoms with Crippen molar-refractivity contribution >= 4 is 12.4 Å². The summed E-state index contributed by atoms with van der Waals surface area (Å²) in [5.41, 5.74) is 0. The van der Waals surface area contributed by atoms with Crippen LogP contribution in [0.25, 0.3) is 0 Å². The number of unbranched alkanes of at least 4 members (excludes halogenated alkanes) is 1.